The minimum atomic E-state index is -0.117. The molecule has 0 radical (unpaired) electrons. The summed E-state index contributed by atoms with van der Waals surface area (Å²) in [7, 11) is 0. The summed E-state index contributed by atoms with van der Waals surface area (Å²) < 4.78 is 2.20. The highest BCUT2D eigenvalue weighted by molar-refractivity contribution is 7.16. The Morgan fingerprint density at radius 3 is 3.00 bits per heavy atom. The normalized spacial score (nSPS) is 13.7. The number of imidazole rings is 1. The number of nitrogens with zero attached hydrogens (tertiary/aromatic N) is 2. The van der Waals surface area contributed by atoms with Crippen molar-refractivity contribution in [3.8, 4) is 10.4 Å². The molecule has 1 aliphatic rings. The van der Waals surface area contributed by atoms with Crippen LogP contribution in [0.4, 0.5) is 0 Å². The molecular weight excluding hydrogens is 378 g/mol. The molecular formula is C21H20ClN3OS. The SMILES string of the molecule is O=C(/C=C/c1ccc(-c2ccccc2Cl)s1)NCc1cn2c(n1)CCCC2. The lowest BCUT2D eigenvalue weighted by atomic mass is 10.2. The number of aryl methyl sites for hydroxylation is 2. The summed E-state index contributed by atoms with van der Waals surface area (Å²) >= 11 is 7.86. The van der Waals surface area contributed by atoms with Crippen LogP contribution in [-0.4, -0.2) is 15.5 Å². The predicted molar refractivity (Wildman–Crippen MR) is 111 cm³/mol. The van der Waals surface area contributed by atoms with Crippen LogP contribution in [0.5, 0.6) is 0 Å². The predicted octanol–water partition coefficient (Wildman–Crippen LogP) is 4.93. The van der Waals surface area contributed by atoms with Gasteiger partial charge in [0.15, 0.2) is 0 Å². The first-order chi connectivity index (χ1) is 13.2. The zero-order valence-electron chi connectivity index (χ0n) is 14.8. The molecule has 4 rings (SSSR count). The van der Waals surface area contributed by atoms with Crippen molar-refractivity contribution in [2.75, 3.05) is 0 Å². The molecule has 4 nitrogen and oxygen atoms in total. The maximum absolute atomic E-state index is 12.1. The van der Waals surface area contributed by atoms with E-state index in [4.69, 9.17) is 11.6 Å². The second-order valence-electron chi connectivity index (χ2n) is 6.53. The third kappa shape index (κ3) is 4.31. The van der Waals surface area contributed by atoms with Crippen LogP contribution in [0, 0.1) is 0 Å². The first-order valence-electron chi connectivity index (χ1n) is 9.04. The van der Waals surface area contributed by atoms with Crippen LogP contribution in [0.3, 0.4) is 0 Å². The molecule has 0 bridgehead atoms. The van der Waals surface area contributed by atoms with Crippen molar-refractivity contribution in [1.29, 1.82) is 0 Å². The number of amides is 1. The lowest BCUT2D eigenvalue weighted by Crippen LogP contribution is -2.20. The van der Waals surface area contributed by atoms with Crippen molar-refractivity contribution >= 4 is 34.9 Å². The highest BCUT2D eigenvalue weighted by Gasteiger charge is 2.12. The van der Waals surface area contributed by atoms with Gasteiger partial charge in [0, 0.05) is 45.6 Å². The van der Waals surface area contributed by atoms with E-state index in [9.17, 15) is 4.79 Å². The third-order valence-corrected chi connectivity index (χ3v) is 5.98. The number of carbonyl (C=O) groups is 1. The average molecular weight is 398 g/mol. The zero-order valence-corrected chi connectivity index (χ0v) is 16.4. The molecule has 6 heteroatoms. The maximum Gasteiger partial charge on any atom is 0.244 e. The number of rotatable bonds is 5. The van der Waals surface area contributed by atoms with Crippen LogP contribution in [0.1, 0.15) is 29.2 Å². The number of fused-ring (bicyclic) bond motifs is 1. The number of aromatic nitrogens is 2. The van der Waals surface area contributed by atoms with Crippen LogP contribution < -0.4 is 5.32 Å². The topological polar surface area (TPSA) is 46.9 Å². The first-order valence-corrected chi connectivity index (χ1v) is 10.2. The fraction of sp³-hybridized carbons (Fsp3) is 0.238. The van der Waals surface area contributed by atoms with Crippen LogP contribution in [-0.2, 0) is 24.3 Å². The van der Waals surface area contributed by atoms with Crippen molar-refractivity contribution < 1.29 is 4.79 Å². The molecule has 0 atom stereocenters. The van der Waals surface area contributed by atoms with Gasteiger partial charge in [0.2, 0.25) is 5.91 Å². The average Bonchev–Trinajstić information content (AvgIpc) is 3.31. The molecule has 27 heavy (non-hydrogen) atoms. The second kappa shape index (κ2) is 8.11. The molecule has 0 saturated carbocycles. The van der Waals surface area contributed by atoms with E-state index in [2.05, 4.69) is 14.9 Å². The molecule has 1 aromatic carbocycles. The largest absolute Gasteiger partial charge is 0.347 e. The summed E-state index contributed by atoms with van der Waals surface area (Å²) in [5, 5.41) is 3.64. The van der Waals surface area contributed by atoms with Gasteiger partial charge in [-0.1, -0.05) is 29.8 Å². The number of halogens is 1. The molecule has 0 aliphatic carbocycles. The van der Waals surface area contributed by atoms with Crippen molar-refractivity contribution in [3.05, 3.63) is 70.1 Å². The van der Waals surface area contributed by atoms with Crippen molar-refractivity contribution in [2.24, 2.45) is 0 Å². The molecule has 3 aromatic rings. The van der Waals surface area contributed by atoms with E-state index in [0.717, 1.165) is 44.8 Å². The van der Waals surface area contributed by atoms with E-state index in [-0.39, 0.29) is 5.91 Å². The molecule has 3 heterocycles. The summed E-state index contributed by atoms with van der Waals surface area (Å²) in [5.74, 6) is 1.01. The van der Waals surface area contributed by atoms with Crippen molar-refractivity contribution in [1.82, 2.24) is 14.9 Å². The van der Waals surface area contributed by atoms with Gasteiger partial charge >= 0.3 is 0 Å². The smallest absolute Gasteiger partial charge is 0.244 e. The number of carbonyl (C=O) groups excluding carboxylic acids is 1. The monoisotopic (exact) mass is 397 g/mol. The summed E-state index contributed by atoms with van der Waals surface area (Å²) in [6, 6.07) is 11.8. The van der Waals surface area contributed by atoms with Gasteiger partial charge in [0.1, 0.15) is 5.82 Å². The first kappa shape index (κ1) is 18.0. The Labute approximate surface area is 167 Å². The van der Waals surface area contributed by atoms with Crippen LogP contribution in [0.15, 0.2) is 48.7 Å². The Morgan fingerprint density at radius 1 is 1.26 bits per heavy atom. The quantitative estimate of drug-likeness (QED) is 0.620. The molecule has 1 amide bonds. The number of benzene rings is 1. The van der Waals surface area contributed by atoms with Crippen molar-refractivity contribution in [3.63, 3.8) is 0 Å². The van der Waals surface area contributed by atoms with Gasteiger partial charge in [0.25, 0.3) is 0 Å². The van der Waals surface area contributed by atoms with Gasteiger partial charge < -0.3 is 9.88 Å². The van der Waals surface area contributed by atoms with Gasteiger partial charge in [0.05, 0.1) is 12.2 Å². The van der Waals surface area contributed by atoms with Crippen LogP contribution in [0.25, 0.3) is 16.5 Å². The molecule has 138 valence electrons. The summed E-state index contributed by atoms with van der Waals surface area (Å²) in [6.07, 6.45) is 8.88. The van der Waals surface area contributed by atoms with Crippen LogP contribution in [0.2, 0.25) is 5.02 Å². The number of hydrogen-bond donors (Lipinski definition) is 1. The molecule has 1 aliphatic heterocycles. The Balaban J connectivity index is 1.35. The van der Waals surface area contributed by atoms with Gasteiger partial charge in [-0.25, -0.2) is 4.98 Å². The lowest BCUT2D eigenvalue weighted by molar-refractivity contribution is -0.116. The van der Waals surface area contributed by atoms with E-state index >= 15 is 0 Å². The number of nitrogens with one attached hydrogen (secondary N) is 1. The van der Waals surface area contributed by atoms with Crippen LogP contribution >= 0.6 is 22.9 Å². The maximum atomic E-state index is 12.1. The molecule has 1 N–H and O–H groups in total. The highest BCUT2D eigenvalue weighted by atomic mass is 35.5. The fourth-order valence-corrected chi connectivity index (χ4v) is 4.44. The fourth-order valence-electron chi connectivity index (χ4n) is 3.20. The summed E-state index contributed by atoms with van der Waals surface area (Å²) in [6.45, 7) is 1.49. The number of hydrogen-bond acceptors (Lipinski definition) is 3. The van der Waals surface area contributed by atoms with Gasteiger partial charge in [-0.3, -0.25) is 4.79 Å². The molecule has 0 spiro atoms. The van der Waals surface area contributed by atoms with E-state index in [1.165, 1.54) is 12.8 Å². The Kier molecular flexibility index (Phi) is 5.41. The zero-order chi connectivity index (χ0) is 18.6. The van der Waals surface area contributed by atoms with E-state index in [1.807, 2.05) is 48.7 Å². The molecule has 0 fully saturated rings. The summed E-state index contributed by atoms with van der Waals surface area (Å²) in [4.78, 5) is 18.8. The second-order valence-corrected chi connectivity index (χ2v) is 8.05. The summed E-state index contributed by atoms with van der Waals surface area (Å²) in [5.41, 5.74) is 1.93. The minimum absolute atomic E-state index is 0.117. The van der Waals surface area contributed by atoms with E-state index < -0.39 is 0 Å². The molecule has 0 unspecified atom stereocenters. The van der Waals surface area contributed by atoms with Crippen molar-refractivity contribution in [2.45, 2.75) is 32.4 Å². The molecule has 0 saturated heterocycles. The lowest BCUT2D eigenvalue weighted by Gasteiger charge is -2.11. The van der Waals surface area contributed by atoms with E-state index in [0.29, 0.717) is 6.54 Å². The Bertz CT molecular complexity index is 965. The standard InChI is InChI=1S/C21H20ClN3OS/c22-18-6-2-1-5-17(18)19-10-8-16(27-19)9-11-21(26)23-13-15-14-25-12-4-3-7-20(25)24-15/h1-2,5-6,8-11,14H,3-4,7,12-13H2,(H,23,26)/b11-9+. The Hall–Kier alpha value is -2.37. The highest BCUT2D eigenvalue weighted by Crippen LogP contribution is 2.33. The van der Waals surface area contributed by atoms with Gasteiger partial charge in [-0.15, -0.1) is 11.3 Å². The minimum Gasteiger partial charge on any atom is -0.347 e. The van der Waals surface area contributed by atoms with E-state index in [1.54, 1.807) is 17.4 Å². The third-order valence-electron chi connectivity index (χ3n) is 4.57. The Morgan fingerprint density at radius 2 is 2.15 bits per heavy atom. The number of thiophene rings is 1. The van der Waals surface area contributed by atoms with Gasteiger partial charge in [-0.2, -0.15) is 0 Å². The molecule has 2 aromatic heterocycles. The van der Waals surface area contributed by atoms with Gasteiger partial charge in [-0.05, 0) is 37.1 Å².